The van der Waals surface area contributed by atoms with Crippen molar-refractivity contribution in [3.05, 3.63) is 59.7 Å². The lowest BCUT2D eigenvalue weighted by molar-refractivity contribution is -0.141. The molecular formula is C22H19NO4. The van der Waals surface area contributed by atoms with Crippen LogP contribution in [0.2, 0.25) is 0 Å². The molecule has 136 valence electrons. The molecule has 2 aromatic carbocycles. The molecule has 2 unspecified atom stereocenters. The lowest BCUT2D eigenvalue weighted by Gasteiger charge is -2.25. The second-order valence-corrected chi connectivity index (χ2v) is 6.83. The van der Waals surface area contributed by atoms with Crippen LogP contribution in [0.15, 0.2) is 48.5 Å². The largest absolute Gasteiger partial charge is 0.480 e. The summed E-state index contributed by atoms with van der Waals surface area (Å²) in [5, 5.41) is 9.37. The molecule has 1 aliphatic heterocycles. The highest BCUT2D eigenvalue weighted by atomic mass is 16.6. The van der Waals surface area contributed by atoms with Crippen LogP contribution in [0.5, 0.6) is 0 Å². The average Bonchev–Trinajstić information content (AvgIpc) is 3.26. The molecule has 1 heterocycles. The number of aliphatic carboxylic acids is 1. The van der Waals surface area contributed by atoms with Gasteiger partial charge >= 0.3 is 12.1 Å². The van der Waals surface area contributed by atoms with Crippen molar-refractivity contribution in [1.82, 2.24) is 4.90 Å². The third-order valence-electron chi connectivity index (χ3n) is 5.41. The molecule has 0 radical (unpaired) electrons. The molecule has 5 heteroatoms. The smallest absolute Gasteiger partial charge is 0.411 e. The Labute approximate surface area is 157 Å². The molecule has 1 fully saturated rings. The van der Waals surface area contributed by atoms with Gasteiger partial charge in [0.05, 0.1) is 6.04 Å². The van der Waals surface area contributed by atoms with Gasteiger partial charge in [0.2, 0.25) is 0 Å². The van der Waals surface area contributed by atoms with Gasteiger partial charge in [0, 0.05) is 5.92 Å². The second kappa shape index (κ2) is 6.81. The molecule has 4 rings (SSSR count). The van der Waals surface area contributed by atoms with E-state index in [0.29, 0.717) is 12.8 Å². The summed E-state index contributed by atoms with van der Waals surface area (Å²) in [6.45, 7) is 0.146. The van der Waals surface area contributed by atoms with Crippen molar-refractivity contribution in [2.75, 3.05) is 6.61 Å². The molecule has 0 spiro atoms. The summed E-state index contributed by atoms with van der Waals surface area (Å²) < 4.78 is 5.56. The van der Waals surface area contributed by atoms with E-state index >= 15 is 0 Å². The summed E-state index contributed by atoms with van der Waals surface area (Å²) >= 11 is 0. The molecule has 0 saturated carbocycles. The van der Waals surface area contributed by atoms with Crippen LogP contribution in [-0.4, -0.2) is 40.8 Å². The quantitative estimate of drug-likeness (QED) is 0.850. The van der Waals surface area contributed by atoms with Crippen LogP contribution in [-0.2, 0) is 9.53 Å². The van der Waals surface area contributed by atoms with Crippen LogP contribution < -0.4 is 0 Å². The number of terminal acetylenes is 1. The van der Waals surface area contributed by atoms with Gasteiger partial charge < -0.3 is 9.84 Å². The Morgan fingerprint density at radius 3 is 2.22 bits per heavy atom. The van der Waals surface area contributed by atoms with Crippen molar-refractivity contribution in [2.45, 2.75) is 30.8 Å². The predicted molar refractivity (Wildman–Crippen MR) is 100 cm³/mol. The minimum Gasteiger partial charge on any atom is -0.480 e. The number of fused-ring (bicyclic) bond motifs is 3. The van der Waals surface area contributed by atoms with E-state index in [-0.39, 0.29) is 12.5 Å². The van der Waals surface area contributed by atoms with E-state index in [9.17, 15) is 14.7 Å². The highest BCUT2D eigenvalue weighted by Crippen LogP contribution is 2.44. The van der Waals surface area contributed by atoms with Crippen molar-refractivity contribution in [3.8, 4) is 23.5 Å². The molecule has 2 aliphatic rings. The van der Waals surface area contributed by atoms with Crippen molar-refractivity contribution < 1.29 is 19.4 Å². The maximum Gasteiger partial charge on any atom is 0.411 e. The summed E-state index contributed by atoms with van der Waals surface area (Å²) in [4.78, 5) is 25.3. The molecule has 1 aliphatic carbocycles. The van der Waals surface area contributed by atoms with Gasteiger partial charge in [0.25, 0.3) is 0 Å². The van der Waals surface area contributed by atoms with Gasteiger partial charge in [-0.15, -0.1) is 6.42 Å². The summed E-state index contributed by atoms with van der Waals surface area (Å²) in [5.74, 6) is 1.37. The van der Waals surface area contributed by atoms with Gasteiger partial charge in [0.15, 0.2) is 0 Å². The molecule has 2 atom stereocenters. The van der Waals surface area contributed by atoms with E-state index in [1.807, 2.05) is 36.4 Å². The van der Waals surface area contributed by atoms with Crippen LogP contribution in [0, 0.1) is 12.3 Å². The van der Waals surface area contributed by atoms with E-state index in [4.69, 9.17) is 11.2 Å². The number of carbonyl (C=O) groups excluding carboxylic acids is 1. The molecule has 2 aromatic rings. The number of carbonyl (C=O) groups is 2. The van der Waals surface area contributed by atoms with Gasteiger partial charge in [-0.1, -0.05) is 54.5 Å². The van der Waals surface area contributed by atoms with E-state index in [1.165, 1.54) is 4.90 Å². The third-order valence-corrected chi connectivity index (χ3v) is 5.41. The number of nitrogens with zero attached hydrogens (tertiary/aromatic N) is 1. The lowest BCUT2D eigenvalue weighted by Crippen LogP contribution is -2.45. The molecule has 1 N–H and O–H groups in total. The first-order valence-corrected chi connectivity index (χ1v) is 8.94. The first-order valence-electron chi connectivity index (χ1n) is 8.94. The van der Waals surface area contributed by atoms with Crippen LogP contribution in [0.1, 0.15) is 29.9 Å². The summed E-state index contributed by atoms with van der Waals surface area (Å²) in [6, 6.07) is 14.6. The first-order chi connectivity index (χ1) is 13.1. The van der Waals surface area contributed by atoms with Gasteiger partial charge in [-0.2, -0.15) is 0 Å². The predicted octanol–water partition coefficient (Wildman–Crippen LogP) is 3.49. The highest BCUT2D eigenvalue weighted by molar-refractivity contribution is 5.82. The molecular weight excluding hydrogens is 342 g/mol. The molecule has 0 aromatic heterocycles. The van der Waals surface area contributed by atoms with Crippen molar-refractivity contribution >= 4 is 12.1 Å². The Balaban J connectivity index is 1.56. The van der Waals surface area contributed by atoms with Crippen molar-refractivity contribution in [1.29, 1.82) is 0 Å². The van der Waals surface area contributed by atoms with Gasteiger partial charge in [0.1, 0.15) is 12.6 Å². The molecule has 5 nitrogen and oxygen atoms in total. The molecule has 1 amide bonds. The minimum atomic E-state index is -1.05. The van der Waals surface area contributed by atoms with Crippen LogP contribution in [0.25, 0.3) is 11.1 Å². The minimum absolute atomic E-state index is 0.0727. The topological polar surface area (TPSA) is 66.8 Å². The third kappa shape index (κ3) is 2.83. The number of hydrogen-bond acceptors (Lipinski definition) is 3. The Kier molecular flexibility index (Phi) is 4.33. The first kappa shape index (κ1) is 17.2. The van der Waals surface area contributed by atoms with Crippen molar-refractivity contribution in [3.63, 3.8) is 0 Å². The van der Waals surface area contributed by atoms with Crippen LogP contribution in [0.3, 0.4) is 0 Å². The number of ether oxygens (including phenoxy) is 1. The van der Waals surface area contributed by atoms with Gasteiger partial charge in [-0.05, 0) is 35.1 Å². The normalized spacial score (nSPS) is 20.6. The number of benzene rings is 2. The standard InChI is InChI=1S/C22H19NO4/c1-2-14-11-12-20(21(24)25)23(14)22(26)27-13-19-17-9-5-3-7-15(17)16-8-4-6-10-18(16)19/h1,3-10,14,19-20H,11-13H2,(H,24,25). The van der Waals surface area contributed by atoms with E-state index in [2.05, 4.69) is 18.1 Å². The second-order valence-electron chi connectivity index (χ2n) is 6.83. The lowest BCUT2D eigenvalue weighted by atomic mass is 9.98. The number of amides is 1. The van der Waals surface area contributed by atoms with Crippen LogP contribution in [0.4, 0.5) is 4.79 Å². The fourth-order valence-electron chi connectivity index (χ4n) is 4.14. The SMILES string of the molecule is C#CC1CCC(C(=O)O)N1C(=O)OCC1c2ccccc2-c2ccccc21. The van der Waals surface area contributed by atoms with Gasteiger partial charge in [-0.25, -0.2) is 9.59 Å². The fraction of sp³-hybridized carbons (Fsp3) is 0.273. The molecule has 1 saturated heterocycles. The average molecular weight is 361 g/mol. The Bertz CT molecular complexity index is 900. The Hall–Kier alpha value is -3.26. The highest BCUT2D eigenvalue weighted by Gasteiger charge is 2.41. The fourth-order valence-corrected chi connectivity index (χ4v) is 4.14. The zero-order valence-corrected chi connectivity index (χ0v) is 14.7. The van der Waals surface area contributed by atoms with E-state index < -0.39 is 24.1 Å². The Morgan fingerprint density at radius 1 is 1.07 bits per heavy atom. The maximum atomic E-state index is 12.7. The zero-order valence-electron chi connectivity index (χ0n) is 14.7. The molecule has 0 bridgehead atoms. The van der Waals surface area contributed by atoms with Crippen LogP contribution >= 0.6 is 0 Å². The van der Waals surface area contributed by atoms with Gasteiger partial charge in [-0.3, -0.25) is 4.90 Å². The van der Waals surface area contributed by atoms with Crippen molar-refractivity contribution in [2.24, 2.45) is 0 Å². The number of hydrogen-bond donors (Lipinski definition) is 1. The van der Waals surface area contributed by atoms with E-state index in [0.717, 1.165) is 22.3 Å². The Morgan fingerprint density at radius 2 is 1.67 bits per heavy atom. The monoisotopic (exact) mass is 361 g/mol. The zero-order chi connectivity index (χ0) is 19.0. The maximum absolute atomic E-state index is 12.7. The summed E-state index contributed by atoms with van der Waals surface area (Å²) in [5.41, 5.74) is 4.49. The number of rotatable bonds is 3. The molecule has 27 heavy (non-hydrogen) atoms. The number of carboxylic acid groups (broad SMARTS) is 1. The summed E-state index contributed by atoms with van der Waals surface area (Å²) in [6.07, 6.45) is 5.63. The summed E-state index contributed by atoms with van der Waals surface area (Å²) in [7, 11) is 0. The number of carboxylic acids is 1. The number of likely N-dealkylation sites (tertiary alicyclic amines) is 1. The van der Waals surface area contributed by atoms with E-state index in [1.54, 1.807) is 0 Å².